The lowest BCUT2D eigenvalue weighted by Gasteiger charge is -2.34. The van der Waals surface area contributed by atoms with Crippen molar-refractivity contribution in [1.82, 2.24) is 25.3 Å². The molecule has 10 heteroatoms. The Morgan fingerprint density at radius 1 is 1.00 bits per heavy atom. The molecule has 0 radical (unpaired) electrons. The Kier molecular flexibility index (Phi) is 8.23. The fraction of sp³-hybridized carbons (Fsp3) is 0.655. The van der Waals surface area contributed by atoms with Gasteiger partial charge in [-0.2, -0.15) is 0 Å². The number of Topliss-reactive ketones (excluding diaryl/α,β-unsaturated/α-hetero) is 1. The fourth-order valence-electron chi connectivity index (χ4n) is 6.48. The number of carbonyl (C=O) groups excluding carboxylic acids is 4. The molecule has 4 saturated heterocycles. The predicted octanol–water partition coefficient (Wildman–Crippen LogP) is 0.716. The number of nitrogens with one attached hydrogen (secondary N) is 2. The van der Waals surface area contributed by atoms with E-state index in [1.54, 1.807) is 9.80 Å². The molecule has 10 nitrogen and oxygen atoms in total. The van der Waals surface area contributed by atoms with Gasteiger partial charge in [0, 0.05) is 44.0 Å². The van der Waals surface area contributed by atoms with E-state index in [-0.39, 0.29) is 48.1 Å². The number of rotatable bonds is 7. The molecule has 1 aromatic carbocycles. The average Bonchev–Trinajstić information content (AvgIpc) is 3.67. The highest BCUT2D eigenvalue weighted by Gasteiger charge is 2.53. The van der Waals surface area contributed by atoms with E-state index < -0.39 is 12.1 Å². The molecular formula is C29H42N6O4. The topological polar surface area (TPSA) is 105 Å². The monoisotopic (exact) mass is 538 g/mol. The molecule has 4 aliphatic heterocycles. The molecule has 4 unspecified atom stereocenters. The maximum atomic E-state index is 13.8. The molecule has 5 rings (SSSR count). The average molecular weight is 539 g/mol. The molecule has 0 aromatic heterocycles. The zero-order valence-electron chi connectivity index (χ0n) is 23.4. The lowest BCUT2D eigenvalue weighted by Crippen LogP contribution is -2.53. The summed E-state index contributed by atoms with van der Waals surface area (Å²) < 4.78 is 0. The van der Waals surface area contributed by atoms with Crippen molar-refractivity contribution in [1.29, 1.82) is 0 Å². The van der Waals surface area contributed by atoms with Crippen molar-refractivity contribution in [2.45, 2.75) is 63.7 Å². The van der Waals surface area contributed by atoms with Crippen LogP contribution in [0.25, 0.3) is 0 Å². The highest BCUT2D eigenvalue weighted by Crippen LogP contribution is 2.32. The van der Waals surface area contributed by atoms with Gasteiger partial charge in [0.05, 0.1) is 18.6 Å². The van der Waals surface area contributed by atoms with Crippen LogP contribution >= 0.6 is 0 Å². The fourth-order valence-corrected chi connectivity index (χ4v) is 6.48. The Balaban J connectivity index is 1.25. The van der Waals surface area contributed by atoms with E-state index in [0.29, 0.717) is 24.9 Å². The van der Waals surface area contributed by atoms with Gasteiger partial charge in [0.25, 0.3) is 5.91 Å². The zero-order valence-corrected chi connectivity index (χ0v) is 23.4. The molecule has 1 aromatic rings. The maximum absolute atomic E-state index is 13.8. The second-order valence-corrected chi connectivity index (χ2v) is 11.9. The van der Waals surface area contributed by atoms with E-state index in [4.69, 9.17) is 0 Å². The van der Waals surface area contributed by atoms with Crippen LogP contribution in [0.1, 0.15) is 49.9 Å². The number of likely N-dealkylation sites (tertiary alicyclic amines) is 2. The van der Waals surface area contributed by atoms with Crippen molar-refractivity contribution in [3.63, 3.8) is 0 Å². The van der Waals surface area contributed by atoms with E-state index >= 15 is 0 Å². The Morgan fingerprint density at radius 3 is 2.36 bits per heavy atom. The number of benzene rings is 1. The predicted molar refractivity (Wildman–Crippen MR) is 149 cm³/mol. The minimum Gasteiger partial charge on any atom is -0.369 e. The molecule has 0 bridgehead atoms. The summed E-state index contributed by atoms with van der Waals surface area (Å²) in [6.45, 7) is 9.21. The molecule has 212 valence electrons. The molecule has 39 heavy (non-hydrogen) atoms. The third-order valence-corrected chi connectivity index (χ3v) is 8.66. The van der Waals surface area contributed by atoms with Crippen LogP contribution in [0.4, 0.5) is 5.69 Å². The quantitative estimate of drug-likeness (QED) is 0.527. The van der Waals surface area contributed by atoms with Crippen LogP contribution in [0.15, 0.2) is 24.3 Å². The van der Waals surface area contributed by atoms with Gasteiger partial charge >= 0.3 is 0 Å². The van der Waals surface area contributed by atoms with Crippen LogP contribution < -0.4 is 15.5 Å². The second-order valence-electron chi connectivity index (χ2n) is 11.9. The molecular weight excluding hydrogens is 496 g/mol. The Morgan fingerprint density at radius 2 is 1.72 bits per heavy atom. The summed E-state index contributed by atoms with van der Waals surface area (Å²) in [6.07, 6.45) is 2.78. The number of ketones is 1. The van der Waals surface area contributed by atoms with Crippen LogP contribution in [0.5, 0.6) is 0 Å². The zero-order chi connectivity index (χ0) is 27.7. The van der Waals surface area contributed by atoms with Crippen molar-refractivity contribution < 1.29 is 19.2 Å². The second kappa shape index (κ2) is 11.6. The van der Waals surface area contributed by atoms with Crippen molar-refractivity contribution in [2.24, 2.45) is 5.92 Å². The van der Waals surface area contributed by atoms with Crippen molar-refractivity contribution in [3.8, 4) is 0 Å². The summed E-state index contributed by atoms with van der Waals surface area (Å²) in [6, 6.07) is 5.67. The lowest BCUT2D eigenvalue weighted by molar-refractivity contribution is -0.138. The van der Waals surface area contributed by atoms with E-state index in [9.17, 15) is 19.2 Å². The first kappa shape index (κ1) is 27.6. The van der Waals surface area contributed by atoms with E-state index in [1.807, 2.05) is 38.1 Å². The smallest absolute Gasteiger partial charge is 0.251 e. The molecule has 3 amide bonds. The number of piperazine rings is 1. The highest BCUT2D eigenvalue weighted by atomic mass is 16.2. The minimum absolute atomic E-state index is 0.0327. The number of amides is 3. The van der Waals surface area contributed by atoms with Crippen molar-refractivity contribution in [3.05, 3.63) is 29.8 Å². The third-order valence-electron chi connectivity index (χ3n) is 8.66. The molecule has 4 atom stereocenters. The van der Waals surface area contributed by atoms with Crippen molar-refractivity contribution >= 4 is 29.2 Å². The molecule has 0 aliphatic carbocycles. The molecule has 0 spiro atoms. The summed E-state index contributed by atoms with van der Waals surface area (Å²) in [5.74, 6) is -0.485. The van der Waals surface area contributed by atoms with Gasteiger partial charge < -0.3 is 30.2 Å². The standard InChI is InChI=1S/C29H42N6O4/c1-19(2)17-23(31-27(37)20-6-8-21(9-7-20)33-15-13-32(3)14-16-33)29(39)34-12-10-24-26(34)25(36)18-35(24)28(38)22-5-4-11-30-22/h6-9,19,22-24,26,30H,4-5,10-18H2,1-3H3,(H,31,37). The van der Waals surface area contributed by atoms with Gasteiger partial charge in [-0.3, -0.25) is 19.2 Å². The van der Waals surface area contributed by atoms with Crippen LogP contribution in [0.2, 0.25) is 0 Å². The van der Waals surface area contributed by atoms with Gasteiger partial charge in [0.1, 0.15) is 12.1 Å². The van der Waals surface area contributed by atoms with E-state index in [1.165, 1.54) is 0 Å². The van der Waals surface area contributed by atoms with Gasteiger partial charge in [0.15, 0.2) is 5.78 Å². The van der Waals surface area contributed by atoms with Crippen LogP contribution in [0, 0.1) is 5.92 Å². The Bertz CT molecular complexity index is 1080. The first-order chi connectivity index (χ1) is 18.7. The van der Waals surface area contributed by atoms with E-state index in [0.717, 1.165) is 51.3 Å². The van der Waals surface area contributed by atoms with E-state index in [2.05, 4.69) is 27.5 Å². The first-order valence-electron chi connectivity index (χ1n) is 14.4. The highest BCUT2D eigenvalue weighted by molar-refractivity contribution is 6.01. The summed E-state index contributed by atoms with van der Waals surface area (Å²) in [7, 11) is 2.12. The third kappa shape index (κ3) is 5.82. The summed E-state index contributed by atoms with van der Waals surface area (Å²) in [5, 5.41) is 6.19. The molecule has 2 N–H and O–H groups in total. The molecule has 4 fully saturated rings. The van der Waals surface area contributed by atoms with Gasteiger partial charge in [-0.15, -0.1) is 0 Å². The summed E-state index contributed by atoms with van der Waals surface area (Å²) in [5.41, 5.74) is 1.59. The SMILES string of the molecule is CC(C)CC(NC(=O)c1ccc(N2CCN(C)CC2)cc1)C(=O)N1CCC2C1C(=O)CN2C(=O)C1CCCN1. The normalized spacial score (nSPS) is 26.3. The summed E-state index contributed by atoms with van der Waals surface area (Å²) in [4.78, 5) is 61.1. The van der Waals surface area contributed by atoms with Crippen LogP contribution in [-0.2, 0) is 14.4 Å². The van der Waals surface area contributed by atoms with Gasteiger partial charge in [0.2, 0.25) is 11.8 Å². The van der Waals surface area contributed by atoms with Crippen LogP contribution in [-0.4, -0.2) is 115 Å². The largest absolute Gasteiger partial charge is 0.369 e. The van der Waals surface area contributed by atoms with Gasteiger partial charge in [-0.05, 0) is 69.5 Å². The number of fused-ring (bicyclic) bond motifs is 1. The number of hydrogen-bond acceptors (Lipinski definition) is 7. The molecule has 4 aliphatic rings. The van der Waals surface area contributed by atoms with Crippen molar-refractivity contribution in [2.75, 3.05) is 57.8 Å². The number of carbonyl (C=O) groups is 4. The number of nitrogens with zero attached hydrogens (tertiary/aromatic N) is 4. The Hall–Kier alpha value is -2.98. The van der Waals surface area contributed by atoms with Crippen LogP contribution in [0.3, 0.4) is 0 Å². The molecule has 4 heterocycles. The Labute approximate surface area is 231 Å². The number of likely N-dealkylation sites (N-methyl/N-ethyl adjacent to an activating group) is 1. The first-order valence-corrected chi connectivity index (χ1v) is 14.4. The number of hydrogen-bond donors (Lipinski definition) is 2. The van der Waals surface area contributed by atoms with Gasteiger partial charge in [-0.1, -0.05) is 13.8 Å². The summed E-state index contributed by atoms with van der Waals surface area (Å²) >= 11 is 0. The number of anilines is 1. The minimum atomic E-state index is -0.734. The van der Waals surface area contributed by atoms with Gasteiger partial charge in [-0.25, -0.2) is 0 Å². The maximum Gasteiger partial charge on any atom is 0.251 e. The lowest BCUT2D eigenvalue weighted by atomic mass is 10.0. The molecule has 0 saturated carbocycles.